The van der Waals surface area contributed by atoms with Crippen molar-refractivity contribution in [1.82, 2.24) is 9.97 Å². The summed E-state index contributed by atoms with van der Waals surface area (Å²) in [7, 11) is 0. The number of nitrogens with zero attached hydrogens (tertiary/aromatic N) is 1. The molecule has 2 aromatic carbocycles. The van der Waals surface area contributed by atoms with E-state index in [9.17, 15) is 0 Å². The van der Waals surface area contributed by atoms with Gasteiger partial charge in [-0.05, 0) is 12.8 Å². The molecule has 0 spiro atoms. The van der Waals surface area contributed by atoms with Crippen LogP contribution < -0.4 is 5.73 Å². The average molecular weight is 275 g/mol. The van der Waals surface area contributed by atoms with Crippen LogP contribution in [0.15, 0.2) is 60.7 Å². The Bertz CT molecular complexity index is 699. The molecule has 1 heterocycles. The van der Waals surface area contributed by atoms with Gasteiger partial charge in [-0.1, -0.05) is 60.7 Å². The lowest BCUT2D eigenvalue weighted by molar-refractivity contribution is 0.686. The Hall–Kier alpha value is -2.39. The molecular formula is C18H17N3. The van der Waals surface area contributed by atoms with Crippen LogP contribution in [0.3, 0.4) is 0 Å². The van der Waals surface area contributed by atoms with Gasteiger partial charge in [-0.2, -0.15) is 0 Å². The van der Waals surface area contributed by atoms with E-state index in [-0.39, 0.29) is 5.54 Å². The number of nitrogens with two attached hydrogens (primary N) is 1. The Morgan fingerprint density at radius 1 is 0.857 bits per heavy atom. The second kappa shape index (κ2) is 4.57. The zero-order valence-corrected chi connectivity index (χ0v) is 11.7. The van der Waals surface area contributed by atoms with Gasteiger partial charge >= 0.3 is 0 Å². The maximum Gasteiger partial charge on any atom is 0.127 e. The van der Waals surface area contributed by atoms with E-state index in [1.54, 1.807) is 0 Å². The van der Waals surface area contributed by atoms with Crippen LogP contribution in [-0.2, 0) is 5.54 Å². The van der Waals surface area contributed by atoms with Crippen molar-refractivity contribution in [3.63, 3.8) is 0 Å². The summed E-state index contributed by atoms with van der Waals surface area (Å²) >= 11 is 0. The highest BCUT2D eigenvalue weighted by Gasteiger charge is 2.43. The number of benzene rings is 2. The smallest absolute Gasteiger partial charge is 0.127 e. The zero-order valence-electron chi connectivity index (χ0n) is 11.7. The van der Waals surface area contributed by atoms with Gasteiger partial charge in [0, 0.05) is 11.1 Å². The fraction of sp³-hybridized carbons (Fsp3) is 0.167. The van der Waals surface area contributed by atoms with E-state index in [2.05, 4.69) is 29.2 Å². The van der Waals surface area contributed by atoms with E-state index in [0.717, 1.165) is 41.2 Å². The Morgan fingerprint density at radius 2 is 1.43 bits per heavy atom. The van der Waals surface area contributed by atoms with Crippen molar-refractivity contribution >= 4 is 0 Å². The first-order valence-electron chi connectivity index (χ1n) is 7.26. The molecule has 0 atom stereocenters. The topological polar surface area (TPSA) is 54.7 Å². The molecule has 1 aliphatic rings. The van der Waals surface area contributed by atoms with Gasteiger partial charge < -0.3 is 10.7 Å². The molecular weight excluding hydrogens is 258 g/mol. The lowest BCUT2D eigenvalue weighted by Crippen LogP contribution is -2.20. The van der Waals surface area contributed by atoms with E-state index in [4.69, 9.17) is 10.7 Å². The van der Waals surface area contributed by atoms with Crippen LogP contribution >= 0.6 is 0 Å². The summed E-state index contributed by atoms with van der Waals surface area (Å²) in [5, 5.41) is 0. The van der Waals surface area contributed by atoms with E-state index in [0.29, 0.717) is 0 Å². The van der Waals surface area contributed by atoms with Crippen LogP contribution in [-0.4, -0.2) is 9.97 Å². The van der Waals surface area contributed by atoms with Gasteiger partial charge in [-0.25, -0.2) is 4.98 Å². The number of nitrogens with one attached hydrogen (secondary N) is 1. The van der Waals surface area contributed by atoms with Crippen molar-refractivity contribution in [2.75, 3.05) is 0 Å². The molecule has 1 aromatic heterocycles. The second-order valence-electron chi connectivity index (χ2n) is 5.70. The highest BCUT2D eigenvalue weighted by molar-refractivity contribution is 5.78. The number of imidazole rings is 1. The second-order valence-corrected chi connectivity index (χ2v) is 5.70. The van der Waals surface area contributed by atoms with Gasteiger partial charge in [0.2, 0.25) is 0 Å². The Kier molecular flexibility index (Phi) is 2.69. The summed E-state index contributed by atoms with van der Waals surface area (Å²) in [6.07, 6.45) is 2.01. The van der Waals surface area contributed by atoms with Crippen molar-refractivity contribution in [3.8, 4) is 22.5 Å². The number of aromatic nitrogens is 2. The SMILES string of the molecule is NC1(c2nc(-c3ccccc3)c(-c3ccccc3)[nH]2)CC1. The molecule has 0 bridgehead atoms. The molecule has 104 valence electrons. The maximum atomic E-state index is 6.31. The minimum Gasteiger partial charge on any atom is -0.340 e. The van der Waals surface area contributed by atoms with Crippen molar-refractivity contribution in [1.29, 1.82) is 0 Å². The minimum absolute atomic E-state index is 0.253. The molecule has 3 N–H and O–H groups in total. The highest BCUT2D eigenvalue weighted by Crippen LogP contribution is 2.43. The van der Waals surface area contributed by atoms with Crippen molar-refractivity contribution in [2.24, 2.45) is 5.73 Å². The molecule has 21 heavy (non-hydrogen) atoms. The molecule has 4 rings (SSSR count). The van der Waals surface area contributed by atoms with E-state index in [1.807, 2.05) is 36.4 Å². The quantitative estimate of drug-likeness (QED) is 0.766. The third-order valence-corrected chi connectivity index (χ3v) is 4.07. The lowest BCUT2D eigenvalue weighted by Gasteiger charge is -2.03. The van der Waals surface area contributed by atoms with E-state index >= 15 is 0 Å². The summed E-state index contributed by atoms with van der Waals surface area (Å²) in [5.41, 5.74) is 10.3. The molecule has 1 saturated carbocycles. The molecule has 0 saturated heterocycles. The fourth-order valence-corrected chi connectivity index (χ4v) is 2.60. The van der Waals surface area contributed by atoms with Gasteiger partial charge in [0.05, 0.1) is 16.9 Å². The number of aromatic amines is 1. The van der Waals surface area contributed by atoms with Crippen LogP contribution in [0.5, 0.6) is 0 Å². The van der Waals surface area contributed by atoms with Crippen LogP contribution in [0.4, 0.5) is 0 Å². The normalized spacial score (nSPS) is 15.9. The van der Waals surface area contributed by atoms with Gasteiger partial charge in [-0.3, -0.25) is 0 Å². The predicted octanol–water partition coefficient (Wildman–Crippen LogP) is 3.69. The first kappa shape index (κ1) is 12.4. The zero-order chi connectivity index (χ0) is 14.3. The van der Waals surface area contributed by atoms with E-state index in [1.165, 1.54) is 0 Å². The molecule has 3 aromatic rings. The highest BCUT2D eigenvalue weighted by atomic mass is 15.0. The van der Waals surface area contributed by atoms with Crippen LogP contribution in [0.25, 0.3) is 22.5 Å². The Balaban J connectivity index is 1.90. The summed E-state index contributed by atoms with van der Waals surface area (Å²) < 4.78 is 0. The molecule has 3 heteroatoms. The largest absolute Gasteiger partial charge is 0.340 e. The molecule has 0 aliphatic heterocycles. The van der Waals surface area contributed by atoms with Gasteiger partial charge in [0.25, 0.3) is 0 Å². The third-order valence-electron chi connectivity index (χ3n) is 4.07. The molecule has 1 fully saturated rings. The summed E-state index contributed by atoms with van der Waals surface area (Å²) in [6.45, 7) is 0. The Labute approximate surface area is 123 Å². The first-order chi connectivity index (χ1) is 10.3. The maximum absolute atomic E-state index is 6.31. The Morgan fingerprint density at radius 3 is 2.00 bits per heavy atom. The third kappa shape index (κ3) is 2.16. The van der Waals surface area contributed by atoms with E-state index < -0.39 is 0 Å². The summed E-state index contributed by atoms with van der Waals surface area (Å²) in [5.74, 6) is 0.903. The van der Waals surface area contributed by atoms with Gasteiger partial charge in [0.1, 0.15) is 5.82 Å². The van der Waals surface area contributed by atoms with Gasteiger partial charge in [0.15, 0.2) is 0 Å². The average Bonchev–Trinajstić information content (AvgIpc) is 3.14. The molecule has 0 amide bonds. The van der Waals surface area contributed by atoms with Crippen LogP contribution in [0.2, 0.25) is 0 Å². The summed E-state index contributed by atoms with van der Waals surface area (Å²) in [4.78, 5) is 8.27. The van der Waals surface area contributed by atoms with Crippen molar-refractivity contribution < 1.29 is 0 Å². The number of H-pyrrole nitrogens is 1. The monoisotopic (exact) mass is 275 g/mol. The predicted molar refractivity (Wildman–Crippen MR) is 84.6 cm³/mol. The minimum atomic E-state index is -0.253. The van der Waals surface area contributed by atoms with Gasteiger partial charge in [-0.15, -0.1) is 0 Å². The van der Waals surface area contributed by atoms with Crippen LogP contribution in [0, 0.1) is 0 Å². The number of hydrogen-bond acceptors (Lipinski definition) is 2. The van der Waals surface area contributed by atoms with Crippen molar-refractivity contribution in [2.45, 2.75) is 18.4 Å². The first-order valence-corrected chi connectivity index (χ1v) is 7.26. The summed E-state index contributed by atoms with van der Waals surface area (Å²) in [6, 6.07) is 20.6. The van der Waals surface area contributed by atoms with Crippen LogP contribution in [0.1, 0.15) is 18.7 Å². The molecule has 0 unspecified atom stereocenters. The fourth-order valence-electron chi connectivity index (χ4n) is 2.60. The standard InChI is InChI=1S/C18H17N3/c19-18(11-12-18)17-20-15(13-7-3-1-4-8-13)16(21-17)14-9-5-2-6-10-14/h1-10H,11-12,19H2,(H,20,21). The van der Waals surface area contributed by atoms with Crippen molar-refractivity contribution in [3.05, 3.63) is 66.5 Å². The molecule has 3 nitrogen and oxygen atoms in total. The molecule has 1 aliphatic carbocycles. The molecule has 0 radical (unpaired) electrons. The number of hydrogen-bond donors (Lipinski definition) is 2. The number of rotatable bonds is 3. The lowest BCUT2D eigenvalue weighted by atomic mass is 10.1.